The molecule has 30 heavy (non-hydrogen) atoms. The number of amides is 1. The largest absolute Gasteiger partial charge is 0.457 e. The fraction of sp³-hybridized carbons (Fsp3) is 0. The first-order chi connectivity index (χ1) is 14.8. The lowest BCUT2D eigenvalue weighted by Crippen LogP contribution is -2.12. The predicted molar refractivity (Wildman–Crippen MR) is 118 cm³/mol. The second-order valence-electron chi connectivity index (χ2n) is 6.52. The number of fused-ring (bicyclic) bond motifs is 1. The van der Waals surface area contributed by atoms with Gasteiger partial charge in [-0.3, -0.25) is 10.1 Å². The first-order valence-corrected chi connectivity index (χ1v) is 10.2. The molecular weight excluding hydrogens is 396 g/mol. The number of benzene rings is 3. The molecule has 5 aromatic rings. The summed E-state index contributed by atoms with van der Waals surface area (Å²) >= 11 is 1.37. The van der Waals surface area contributed by atoms with Gasteiger partial charge in [0.25, 0.3) is 5.91 Å². The number of imidazole rings is 1. The van der Waals surface area contributed by atoms with Crippen LogP contribution in [0.5, 0.6) is 11.5 Å². The molecule has 0 aliphatic rings. The van der Waals surface area contributed by atoms with E-state index in [1.807, 2.05) is 72.1 Å². The van der Waals surface area contributed by atoms with E-state index in [9.17, 15) is 4.79 Å². The van der Waals surface area contributed by atoms with Crippen molar-refractivity contribution >= 4 is 33.4 Å². The van der Waals surface area contributed by atoms with E-state index < -0.39 is 0 Å². The van der Waals surface area contributed by atoms with Crippen molar-refractivity contribution in [3.63, 3.8) is 0 Å². The van der Waals surface area contributed by atoms with E-state index in [-0.39, 0.29) is 5.91 Å². The molecule has 0 radical (unpaired) electrons. The van der Waals surface area contributed by atoms with Crippen molar-refractivity contribution in [2.75, 3.05) is 5.32 Å². The molecule has 0 atom stereocenters. The van der Waals surface area contributed by atoms with Crippen molar-refractivity contribution in [1.82, 2.24) is 15.0 Å². The fourth-order valence-corrected chi connectivity index (χ4v) is 3.66. The molecule has 2 heterocycles. The number of thiazole rings is 1. The number of H-pyrrole nitrogens is 1. The normalized spacial score (nSPS) is 10.8. The maximum absolute atomic E-state index is 12.7. The van der Waals surface area contributed by atoms with Crippen LogP contribution >= 0.6 is 11.3 Å². The first kappa shape index (κ1) is 18.1. The van der Waals surface area contributed by atoms with Gasteiger partial charge < -0.3 is 9.72 Å². The molecule has 0 aliphatic heterocycles. The molecule has 1 amide bonds. The Kier molecular flexibility index (Phi) is 4.71. The minimum Gasteiger partial charge on any atom is -0.457 e. The minimum atomic E-state index is -0.241. The van der Waals surface area contributed by atoms with Crippen LogP contribution in [0.1, 0.15) is 10.4 Å². The number of hydrogen-bond donors (Lipinski definition) is 2. The summed E-state index contributed by atoms with van der Waals surface area (Å²) in [6.45, 7) is 0. The fourth-order valence-electron chi connectivity index (χ4n) is 3.13. The molecular formula is C23H16N4O2S. The maximum atomic E-state index is 12.7. The zero-order chi connectivity index (χ0) is 20.3. The molecule has 3 aromatic carbocycles. The van der Waals surface area contributed by atoms with Crippen molar-refractivity contribution in [3.8, 4) is 22.9 Å². The molecule has 7 heteroatoms. The van der Waals surface area contributed by atoms with Crippen molar-refractivity contribution < 1.29 is 9.53 Å². The number of nitrogens with one attached hydrogen (secondary N) is 2. The molecule has 2 aromatic heterocycles. The van der Waals surface area contributed by atoms with Gasteiger partial charge in [-0.25, -0.2) is 9.97 Å². The van der Waals surface area contributed by atoms with Crippen LogP contribution < -0.4 is 10.1 Å². The summed E-state index contributed by atoms with van der Waals surface area (Å²) in [5.41, 5.74) is 2.75. The molecule has 0 fully saturated rings. The number of anilines is 1. The van der Waals surface area contributed by atoms with E-state index in [1.54, 1.807) is 12.3 Å². The lowest BCUT2D eigenvalue weighted by atomic mass is 10.2. The van der Waals surface area contributed by atoms with Gasteiger partial charge in [-0.05, 0) is 36.4 Å². The van der Waals surface area contributed by atoms with Gasteiger partial charge in [-0.1, -0.05) is 36.4 Å². The van der Waals surface area contributed by atoms with Gasteiger partial charge in [-0.15, -0.1) is 11.3 Å². The van der Waals surface area contributed by atoms with Crippen molar-refractivity contribution in [2.45, 2.75) is 0 Å². The number of para-hydroxylation sites is 2. The maximum Gasteiger partial charge on any atom is 0.259 e. The highest BCUT2D eigenvalue weighted by Crippen LogP contribution is 2.28. The van der Waals surface area contributed by atoms with Crippen LogP contribution in [0.3, 0.4) is 0 Å². The van der Waals surface area contributed by atoms with E-state index in [0.29, 0.717) is 27.8 Å². The highest BCUT2D eigenvalue weighted by molar-refractivity contribution is 7.13. The predicted octanol–water partition coefficient (Wildman–Crippen LogP) is 5.73. The Morgan fingerprint density at radius 3 is 2.63 bits per heavy atom. The molecule has 0 saturated heterocycles. The number of hydrogen-bond acceptors (Lipinski definition) is 5. The molecule has 5 rings (SSSR count). The van der Waals surface area contributed by atoms with Crippen molar-refractivity contribution in [1.29, 1.82) is 0 Å². The molecule has 146 valence electrons. The zero-order valence-electron chi connectivity index (χ0n) is 15.7. The van der Waals surface area contributed by atoms with E-state index in [1.165, 1.54) is 11.3 Å². The average molecular weight is 412 g/mol. The Morgan fingerprint density at radius 1 is 0.967 bits per heavy atom. The SMILES string of the molecule is O=C(Nc1nccs1)c1cccc2[nH]c(-c3cccc(Oc4ccccc4)c3)nc12. The van der Waals surface area contributed by atoms with Crippen LogP contribution in [0.25, 0.3) is 22.4 Å². The highest BCUT2D eigenvalue weighted by Gasteiger charge is 2.15. The third-order valence-electron chi connectivity index (χ3n) is 4.50. The third-order valence-corrected chi connectivity index (χ3v) is 5.19. The zero-order valence-corrected chi connectivity index (χ0v) is 16.5. The summed E-state index contributed by atoms with van der Waals surface area (Å²) in [6, 6.07) is 22.8. The van der Waals surface area contributed by atoms with Gasteiger partial charge in [-0.2, -0.15) is 0 Å². The monoisotopic (exact) mass is 412 g/mol. The summed E-state index contributed by atoms with van der Waals surface area (Å²) in [5.74, 6) is 1.90. The number of rotatable bonds is 5. The lowest BCUT2D eigenvalue weighted by molar-refractivity contribution is 0.102. The highest BCUT2D eigenvalue weighted by atomic mass is 32.1. The second kappa shape index (κ2) is 7.81. The molecule has 6 nitrogen and oxygen atoms in total. The Balaban J connectivity index is 1.47. The molecule has 0 aliphatic carbocycles. The van der Waals surface area contributed by atoms with E-state index in [4.69, 9.17) is 9.72 Å². The second-order valence-corrected chi connectivity index (χ2v) is 7.42. The van der Waals surface area contributed by atoms with E-state index in [2.05, 4.69) is 15.3 Å². The summed E-state index contributed by atoms with van der Waals surface area (Å²) in [6.07, 6.45) is 1.65. The number of carbonyl (C=O) groups is 1. The lowest BCUT2D eigenvalue weighted by Gasteiger charge is -2.06. The smallest absolute Gasteiger partial charge is 0.259 e. The van der Waals surface area contributed by atoms with Crippen LogP contribution in [0, 0.1) is 0 Å². The molecule has 0 unspecified atom stereocenters. The molecule has 2 N–H and O–H groups in total. The summed E-state index contributed by atoms with van der Waals surface area (Å²) < 4.78 is 5.92. The van der Waals surface area contributed by atoms with E-state index >= 15 is 0 Å². The van der Waals surface area contributed by atoms with Crippen LogP contribution in [-0.4, -0.2) is 20.9 Å². The Bertz CT molecular complexity index is 1310. The van der Waals surface area contributed by atoms with Gasteiger partial charge in [0.2, 0.25) is 0 Å². The van der Waals surface area contributed by atoms with Gasteiger partial charge >= 0.3 is 0 Å². The van der Waals surface area contributed by atoms with Crippen molar-refractivity contribution in [3.05, 3.63) is 89.9 Å². The van der Waals surface area contributed by atoms with Gasteiger partial charge in [0.1, 0.15) is 22.8 Å². The number of aromatic nitrogens is 3. The Hall–Kier alpha value is -3.97. The molecule has 0 bridgehead atoms. The van der Waals surface area contributed by atoms with E-state index in [0.717, 1.165) is 16.8 Å². The molecule has 0 spiro atoms. The topological polar surface area (TPSA) is 79.9 Å². The van der Waals surface area contributed by atoms with Gasteiger partial charge in [0.05, 0.1) is 11.1 Å². The van der Waals surface area contributed by atoms with Crippen LogP contribution in [0.4, 0.5) is 5.13 Å². The van der Waals surface area contributed by atoms with Gasteiger partial charge in [0.15, 0.2) is 5.13 Å². The summed E-state index contributed by atoms with van der Waals surface area (Å²) in [4.78, 5) is 24.8. The number of carbonyl (C=O) groups excluding carboxylic acids is 1. The molecule has 0 saturated carbocycles. The van der Waals surface area contributed by atoms with Crippen LogP contribution in [-0.2, 0) is 0 Å². The Morgan fingerprint density at radius 2 is 1.80 bits per heavy atom. The standard InChI is InChI=1S/C23H16N4O2S/c28-22(27-23-24-12-13-30-23)18-10-5-11-19-20(18)26-21(25-19)15-6-4-9-17(14-15)29-16-7-2-1-3-8-16/h1-14H,(H,25,26)(H,24,27,28). The quantitative estimate of drug-likeness (QED) is 0.386. The summed E-state index contributed by atoms with van der Waals surface area (Å²) in [7, 11) is 0. The number of aromatic amines is 1. The Labute approximate surface area is 176 Å². The van der Waals surface area contributed by atoms with Gasteiger partial charge in [0, 0.05) is 17.1 Å². The number of ether oxygens (including phenoxy) is 1. The average Bonchev–Trinajstić information content (AvgIpc) is 3.44. The van der Waals surface area contributed by atoms with Crippen LogP contribution in [0.15, 0.2) is 84.4 Å². The van der Waals surface area contributed by atoms with Crippen LogP contribution in [0.2, 0.25) is 0 Å². The summed E-state index contributed by atoms with van der Waals surface area (Å²) in [5, 5.41) is 5.18. The third kappa shape index (κ3) is 3.66. The number of nitrogens with zero attached hydrogens (tertiary/aromatic N) is 2. The first-order valence-electron chi connectivity index (χ1n) is 9.29. The minimum absolute atomic E-state index is 0.241. The van der Waals surface area contributed by atoms with Crippen molar-refractivity contribution in [2.24, 2.45) is 0 Å².